The fourth-order valence-corrected chi connectivity index (χ4v) is 3.60. The molecule has 0 bridgehead atoms. The van der Waals surface area contributed by atoms with Gasteiger partial charge in [0.2, 0.25) is 0 Å². The predicted octanol–water partition coefficient (Wildman–Crippen LogP) is 5.06. The van der Waals surface area contributed by atoms with Gasteiger partial charge in [0.1, 0.15) is 5.82 Å². The molecule has 0 saturated heterocycles. The van der Waals surface area contributed by atoms with Crippen LogP contribution in [0.4, 0.5) is 0 Å². The summed E-state index contributed by atoms with van der Waals surface area (Å²) in [7, 11) is 0. The van der Waals surface area contributed by atoms with Gasteiger partial charge in [0.25, 0.3) is 5.56 Å². The van der Waals surface area contributed by atoms with Crippen LogP contribution >= 0.6 is 11.6 Å². The second-order valence-electron chi connectivity index (χ2n) is 6.70. The molecule has 1 fully saturated rings. The first-order valence-corrected chi connectivity index (χ1v) is 8.72. The molecule has 1 heterocycles. The van der Waals surface area contributed by atoms with Crippen molar-refractivity contribution in [3.63, 3.8) is 0 Å². The molecule has 3 aromatic rings. The van der Waals surface area contributed by atoms with Crippen molar-refractivity contribution in [3.8, 4) is 11.4 Å². The van der Waals surface area contributed by atoms with Gasteiger partial charge in [0.15, 0.2) is 0 Å². The van der Waals surface area contributed by atoms with Crippen LogP contribution in [0.2, 0.25) is 5.02 Å². The first-order chi connectivity index (χ1) is 11.5. The number of hydrogen-bond acceptors (Lipinski definition) is 2. The highest BCUT2D eigenvalue weighted by Crippen LogP contribution is 2.36. The molecule has 1 saturated carbocycles. The number of aromatic nitrogens is 2. The molecule has 0 radical (unpaired) electrons. The van der Waals surface area contributed by atoms with Gasteiger partial charge in [-0.2, -0.15) is 0 Å². The summed E-state index contributed by atoms with van der Waals surface area (Å²) in [5.41, 5.74) is 3.79. The highest BCUT2D eigenvalue weighted by molar-refractivity contribution is 6.33. The fraction of sp³-hybridized carbons (Fsp3) is 0.300. The van der Waals surface area contributed by atoms with E-state index in [-0.39, 0.29) is 11.6 Å². The SMILES string of the molecule is Cc1ccc(-c2nc3cc(C)ccc3c(=O)n2C2CCC2)c(Cl)c1. The van der Waals surface area contributed by atoms with Crippen molar-refractivity contribution in [1.82, 2.24) is 9.55 Å². The number of nitrogens with zero attached hydrogens (tertiary/aromatic N) is 2. The van der Waals surface area contributed by atoms with E-state index in [4.69, 9.17) is 16.6 Å². The normalized spacial score (nSPS) is 14.8. The van der Waals surface area contributed by atoms with Gasteiger partial charge in [-0.15, -0.1) is 0 Å². The van der Waals surface area contributed by atoms with Crippen LogP contribution in [0.3, 0.4) is 0 Å². The zero-order chi connectivity index (χ0) is 16.8. The van der Waals surface area contributed by atoms with Crippen molar-refractivity contribution in [2.75, 3.05) is 0 Å². The lowest BCUT2D eigenvalue weighted by molar-refractivity contribution is 0.308. The number of fused-ring (bicyclic) bond motifs is 1. The zero-order valence-electron chi connectivity index (χ0n) is 13.8. The standard InChI is InChI=1S/C20H19ClN2O/c1-12-6-8-15(17(21)10-12)19-22-18-11-13(2)7-9-16(18)20(24)23(19)14-4-3-5-14/h6-11,14H,3-5H2,1-2H3. The molecule has 4 heteroatoms. The highest BCUT2D eigenvalue weighted by atomic mass is 35.5. The summed E-state index contributed by atoms with van der Waals surface area (Å²) in [6.45, 7) is 4.02. The lowest BCUT2D eigenvalue weighted by Crippen LogP contribution is -2.31. The van der Waals surface area contributed by atoms with Crippen molar-refractivity contribution in [2.45, 2.75) is 39.2 Å². The molecule has 4 rings (SSSR count). The number of hydrogen-bond donors (Lipinski definition) is 0. The van der Waals surface area contributed by atoms with E-state index in [0.717, 1.165) is 41.5 Å². The summed E-state index contributed by atoms with van der Waals surface area (Å²) in [5.74, 6) is 0.688. The number of benzene rings is 2. The Bertz CT molecular complexity index is 1000. The van der Waals surface area contributed by atoms with E-state index in [2.05, 4.69) is 0 Å². The van der Waals surface area contributed by atoms with Gasteiger partial charge in [0, 0.05) is 11.6 Å². The van der Waals surface area contributed by atoms with Crippen molar-refractivity contribution >= 4 is 22.5 Å². The van der Waals surface area contributed by atoms with Crippen LogP contribution in [0.25, 0.3) is 22.3 Å². The Kier molecular flexibility index (Phi) is 3.69. The van der Waals surface area contributed by atoms with Gasteiger partial charge in [-0.3, -0.25) is 9.36 Å². The van der Waals surface area contributed by atoms with E-state index < -0.39 is 0 Å². The van der Waals surface area contributed by atoms with Gasteiger partial charge in [-0.1, -0.05) is 23.7 Å². The molecular weight excluding hydrogens is 320 g/mol. The summed E-state index contributed by atoms with van der Waals surface area (Å²) >= 11 is 6.48. The van der Waals surface area contributed by atoms with E-state index in [1.54, 1.807) is 0 Å². The summed E-state index contributed by atoms with van der Waals surface area (Å²) in [6.07, 6.45) is 3.20. The Labute approximate surface area is 145 Å². The summed E-state index contributed by atoms with van der Waals surface area (Å²) in [5, 5.41) is 1.32. The van der Waals surface area contributed by atoms with Gasteiger partial charge >= 0.3 is 0 Å². The van der Waals surface area contributed by atoms with Crippen molar-refractivity contribution < 1.29 is 0 Å². The highest BCUT2D eigenvalue weighted by Gasteiger charge is 2.26. The monoisotopic (exact) mass is 338 g/mol. The topological polar surface area (TPSA) is 34.9 Å². The molecule has 122 valence electrons. The first kappa shape index (κ1) is 15.4. The van der Waals surface area contributed by atoms with Crippen molar-refractivity contribution in [1.29, 1.82) is 0 Å². The van der Waals surface area contributed by atoms with Crippen molar-refractivity contribution in [2.24, 2.45) is 0 Å². The Morgan fingerprint density at radius 2 is 1.79 bits per heavy atom. The van der Waals surface area contributed by atoms with E-state index in [1.165, 1.54) is 0 Å². The summed E-state index contributed by atoms with van der Waals surface area (Å²) in [4.78, 5) is 18.0. The van der Waals surface area contributed by atoms with Crippen molar-refractivity contribution in [3.05, 3.63) is 62.9 Å². The van der Waals surface area contributed by atoms with Crippen LogP contribution in [0.5, 0.6) is 0 Å². The number of halogens is 1. The van der Waals surface area contributed by atoms with Gasteiger partial charge in [-0.25, -0.2) is 4.98 Å². The van der Waals surface area contributed by atoms with Crippen LogP contribution < -0.4 is 5.56 Å². The maximum absolute atomic E-state index is 13.1. The molecule has 0 N–H and O–H groups in total. The fourth-order valence-electron chi connectivity index (χ4n) is 3.28. The number of aryl methyl sites for hydroxylation is 2. The molecule has 1 aliphatic carbocycles. The Hall–Kier alpha value is -2.13. The average molecular weight is 339 g/mol. The maximum Gasteiger partial charge on any atom is 0.261 e. The molecule has 3 nitrogen and oxygen atoms in total. The number of rotatable bonds is 2. The molecule has 0 aliphatic heterocycles. The molecule has 24 heavy (non-hydrogen) atoms. The predicted molar refractivity (Wildman–Crippen MR) is 98.8 cm³/mol. The smallest absolute Gasteiger partial charge is 0.261 e. The second-order valence-corrected chi connectivity index (χ2v) is 7.11. The molecule has 1 aliphatic rings. The third-order valence-corrected chi connectivity index (χ3v) is 5.18. The van der Waals surface area contributed by atoms with Gasteiger partial charge in [-0.05, 0) is 68.5 Å². The minimum Gasteiger partial charge on any atom is -0.289 e. The molecule has 1 aromatic heterocycles. The molecule has 0 spiro atoms. The second kappa shape index (κ2) is 5.75. The first-order valence-electron chi connectivity index (χ1n) is 8.34. The Morgan fingerprint density at radius 3 is 2.46 bits per heavy atom. The summed E-state index contributed by atoms with van der Waals surface area (Å²) in [6, 6.07) is 11.9. The van der Waals surface area contributed by atoms with E-state index in [0.29, 0.717) is 16.2 Å². The molecule has 0 unspecified atom stereocenters. The van der Waals surface area contributed by atoms with Gasteiger partial charge in [0.05, 0.1) is 15.9 Å². The van der Waals surface area contributed by atoms with Crippen LogP contribution in [0.15, 0.2) is 41.2 Å². The van der Waals surface area contributed by atoms with E-state index >= 15 is 0 Å². The Morgan fingerprint density at radius 1 is 1.08 bits per heavy atom. The third kappa shape index (κ3) is 2.44. The molecule has 0 amide bonds. The largest absolute Gasteiger partial charge is 0.289 e. The minimum atomic E-state index is 0.0383. The molecular formula is C20H19ClN2O. The van der Waals surface area contributed by atoms with Crippen LogP contribution in [0, 0.1) is 13.8 Å². The maximum atomic E-state index is 13.1. The lowest BCUT2D eigenvalue weighted by atomic mass is 9.92. The third-order valence-electron chi connectivity index (χ3n) is 4.86. The average Bonchev–Trinajstić information content (AvgIpc) is 2.48. The summed E-state index contributed by atoms with van der Waals surface area (Å²) < 4.78 is 1.86. The van der Waals surface area contributed by atoms with Crippen LogP contribution in [-0.4, -0.2) is 9.55 Å². The quantitative estimate of drug-likeness (QED) is 0.654. The molecule has 0 atom stereocenters. The minimum absolute atomic E-state index is 0.0383. The molecule has 2 aromatic carbocycles. The van der Waals surface area contributed by atoms with Crippen LogP contribution in [-0.2, 0) is 0 Å². The Balaban J connectivity index is 2.06. The zero-order valence-corrected chi connectivity index (χ0v) is 14.6. The van der Waals surface area contributed by atoms with E-state index in [1.807, 2.05) is 54.8 Å². The van der Waals surface area contributed by atoms with Crippen LogP contribution in [0.1, 0.15) is 36.4 Å². The van der Waals surface area contributed by atoms with Gasteiger partial charge < -0.3 is 0 Å². The lowest BCUT2D eigenvalue weighted by Gasteiger charge is -2.30. The van der Waals surface area contributed by atoms with E-state index in [9.17, 15) is 4.79 Å².